The summed E-state index contributed by atoms with van der Waals surface area (Å²) in [7, 11) is 0. The Balaban J connectivity index is 1.91. The second-order valence-corrected chi connectivity index (χ2v) is 6.39. The average molecular weight is 352 g/mol. The Labute approximate surface area is 149 Å². The second kappa shape index (κ2) is 7.76. The fourth-order valence-electron chi connectivity index (χ4n) is 2.34. The molecule has 6 nitrogen and oxygen atoms in total. The van der Waals surface area contributed by atoms with Crippen LogP contribution in [0.5, 0.6) is 0 Å². The van der Waals surface area contributed by atoms with E-state index in [0.29, 0.717) is 5.03 Å². The van der Waals surface area contributed by atoms with Gasteiger partial charge in [-0.1, -0.05) is 60.3 Å². The summed E-state index contributed by atoms with van der Waals surface area (Å²) < 4.78 is 0. The van der Waals surface area contributed by atoms with Crippen molar-refractivity contribution in [1.82, 2.24) is 9.97 Å². The van der Waals surface area contributed by atoms with Gasteiger partial charge in [0.25, 0.3) is 0 Å². The van der Waals surface area contributed by atoms with Gasteiger partial charge < -0.3 is 5.32 Å². The first-order chi connectivity index (χ1) is 12.1. The molecule has 1 heterocycles. The van der Waals surface area contributed by atoms with E-state index >= 15 is 0 Å². The van der Waals surface area contributed by atoms with E-state index < -0.39 is 4.92 Å². The minimum absolute atomic E-state index is 0.112. The average Bonchev–Trinajstić information content (AvgIpc) is 2.63. The molecule has 1 aromatic heterocycles. The van der Waals surface area contributed by atoms with Gasteiger partial charge in [0.1, 0.15) is 6.33 Å². The molecule has 3 rings (SSSR count). The normalized spacial score (nSPS) is 11.7. The van der Waals surface area contributed by atoms with Gasteiger partial charge in [0.05, 0.1) is 11.0 Å². The Morgan fingerprint density at radius 3 is 2.32 bits per heavy atom. The fourth-order valence-corrected chi connectivity index (χ4v) is 3.22. The van der Waals surface area contributed by atoms with Crippen LogP contribution >= 0.6 is 11.8 Å². The Morgan fingerprint density at radius 1 is 1.04 bits per heavy atom. The molecule has 2 aromatic carbocycles. The van der Waals surface area contributed by atoms with Crippen LogP contribution in [-0.2, 0) is 0 Å². The molecule has 0 spiro atoms. The van der Waals surface area contributed by atoms with Crippen molar-refractivity contribution in [3.05, 3.63) is 82.7 Å². The van der Waals surface area contributed by atoms with Crippen molar-refractivity contribution in [2.45, 2.75) is 22.9 Å². The summed E-state index contributed by atoms with van der Waals surface area (Å²) in [5, 5.41) is 15.1. The Hall–Kier alpha value is -2.93. The van der Waals surface area contributed by atoms with Gasteiger partial charge in [-0.2, -0.15) is 0 Å². The van der Waals surface area contributed by atoms with Gasteiger partial charge >= 0.3 is 5.69 Å². The van der Waals surface area contributed by atoms with Gasteiger partial charge in [-0.15, -0.1) is 0 Å². The Bertz CT molecular complexity index is 859. The molecule has 0 aliphatic rings. The number of hydrogen-bond acceptors (Lipinski definition) is 6. The minimum atomic E-state index is -0.439. The molecule has 0 amide bonds. The molecule has 126 valence electrons. The number of nitrogens with one attached hydrogen (secondary N) is 1. The van der Waals surface area contributed by atoms with E-state index in [9.17, 15) is 10.1 Å². The van der Waals surface area contributed by atoms with E-state index in [1.165, 1.54) is 18.1 Å². The molecule has 3 aromatic rings. The summed E-state index contributed by atoms with van der Waals surface area (Å²) in [6.45, 7) is 1.94. The van der Waals surface area contributed by atoms with Crippen LogP contribution in [0, 0.1) is 10.1 Å². The van der Waals surface area contributed by atoms with Crippen LogP contribution in [-0.4, -0.2) is 14.9 Å². The zero-order valence-electron chi connectivity index (χ0n) is 13.5. The van der Waals surface area contributed by atoms with Crippen LogP contribution < -0.4 is 5.32 Å². The Kier molecular flexibility index (Phi) is 5.25. The molecule has 0 radical (unpaired) electrons. The standard InChI is InChI=1S/C18H16N4O2S/c1-13(14-8-4-2-5-9-14)21-17-16(22(23)24)18(20-12-19-17)25-15-10-6-3-7-11-15/h2-13H,1H3,(H,19,20,21). The number of benzene rings is 2. The lowest BCUT2D eigenvalue weighted by molar-refractivity contribution is -0.387. The van der Waals surface area contributed by atoms with Crippen LogP contribution in [0.2, 0.25) is 0 Å². The van der Waals surface area contributed by atoms with Crippen molar-refractivity contribution in [1.29, 1.82) is 0 Å². The second-order valence-electron chi connectivity index (χ2n) is 5.32. The first-order valence-electron chi connectivity index (χ1n) is 7.69. The zero-order chi connectivity index (χ0) is 17.6. The van der Waals surface area contributed by atoms with Crippen molar-refractivity contribution in [3.8, 4) is 0 Å². The van der Waals surface area contributed by atoms with E-state index in [4.69, 9.17) is 0 Å². The molecule has 7 heteroatoms. The molecule has 1 N–H and O–H groups in total. The highest BCUT2D eigenvalue weighted by atomic mass is 32.2. The maximum atomic E-state index is 11.6. The highest BCUT2D eigenvalue weighted by molar-refractivity contribution is 7.99. The molecular weight excluding hydrogens is 336 g/mol. The molecule has 0 aliphatic heterocycles. The highest BCUT2D eigenvalue weighted by Gasteiger charge is 2.24. The largest absolute Gasteiger partial charge is 0.358 e. The van der Waals surface area contributed by atoms with Gasteiger partial charge in [0.15, 0.2) is 5.03 Å². The van der Waals surface area contributed by atoms with E-state index in [-0.39, 0.29) is 17.5 Å². The van der Waals surface area contributed by atoms with E-state index in [1.807, 2.05) is 67.6 Å². The summed E-state index contributed by atoms with van der Waals surface area (Å²) in [5.41, 5.74) is 0.909. The predicted octanol–water partition coefficient (Wildman–Crippen LogP) is 4.71. The van der Waals surface area contributed by atoms with Crippen molar-refractivity contribution in [3.63, 3.8) is 0 Å². The number of nitrogens with zero attached hydrogens (tertiary/aromatic N) is 3. The summed E-state index contributed by atoms with van der Waals surface area (Å²) >= 11 is 1.25. The lowest BCUT2D eigenvalue weighted by Gasteiger charge is -2.15. The predicted molar refractivity (Wildman–Crippen MR) is 97.7 cm³/mol. The minimum Gasteiger partial charge on any atom is -0.358 e. The quantitative estimate of drug-likeness (QED) is 0.393. The third-order valence-corrected chi connectivity index (χ3v) is 4.58. The maximum absolute atomic E-state index is 11.6. The van der Waals surface area contributed by atoms with Gasteiger partial charge in [0.2, 0.25) is 5.82 Å². The topological polar surface area (TPSA) is 81.0 Å². The van der Waals surface area contributed by atoms with Crippen LogP contribution in [0.4, 0.5) is 11.5 Å². The molecule has 1 unspecified atom stereocenters. The van der Waals surface area contributed by atoms with Crippen LogP contribution in [0.25, 0.3) is 0 Å². The Morgan fingerprint density at radius 2 is 1.68 bits per heavy atom. The van der Waals surface area contributed by atoms with E-state index in [1.54, 1.807) is 0 Å². The molecule has 25 heavy (non-hydrogen) atoms. The number of nitro groups is 1. The van der Waals surface area contributed by atoms with Crippen LogP contribution in [0.15, 0.2) is 76.9 Å². The summed E-state index contributed by atoms with van der Waals surface area (Å²) in [5.74, 6) is 0.217. The first-order valence-corrected chi connectivity index (χ1v) is 8.50. The number of aromatic nitrogens is 2. The van der Waals surface area contributed by atoms with E-state index in [2.05, 4.69) is 15.3 Å². The summed E-state index contributed by atoms with van der Waals surface area (Å²) in [6.07, 6.45) is 1.35. The SMILES string of the molecule is CC(Nc1ncnc(Sc2ccccc2)c1[N+](=O)[O-])c1ccccc1. The van der Waals surface area contributed by atoms with Crippen molar-refractivity contribution >= 4 is 23.3 Å². The number of hydrogen-bond donors (Lipinski definition) is 1. The molecule has 0 aliphatic carbocycles. The molecule has 0 fully saturated rings. The summed E-state index contributed by atoms with van der Waals surface area (Å²) in [4.78, 5) is 20.3. The monoisotopic (exact) mass is 352 g/mol. The number of anilines is 1. The van der Waals surface area contributed by atoms with Gasteiger partial charge in [0, 0.05) is 4.90 Å². The summed E-state index contributed by atoms with van der Waals surface area (Å²) in [6, 6.07) is 19.0. The van der Waals surface area contributed by atoms with Crippen molar-refractivity contribution in [2.24, 2.45) is 0 Å². The molecule has 1 atom stereocenters. The van der Waals surface area contributed by atoms with E-state index in [0.717, 1.165) is 10.5 Å². The van der Waals surface area contributed by atoms with Gasteiger partial charge in [-0.3, -0.25) is 10.1 Å². The molecule has 0 saturated heterocycles. The third-order valence-electron chi connectivity index (χ3n) is 3.58. The van der Waals surface area contributed by atoms with Crippen molar-refractivity contribution in [2.75, 3.05) is 5.32 Å². The maximum Gasteiger partial charge on any atom is 0.343 e. The fraction of sp³-hybridized carbons (Fsp3) is 0.111. The highest BCUT2D eigenvalue weighted by Crippen LogP contribution is 2.37. The third kappa shape index (κ3) is 4.13. The lowest BCUT2D eigenvalue weighted by Crippen LogP contribution is -2.10. The van der Waals surface area contributed by atoms with Crippen molar-refractivity contribution < 1.29 is 4.92 Å². The van der Waals surface area contributed by atoms with Gasteiger partial charge in [-0.25, -0.2) is 9.97 Å². The molecular formula is C18H16N4O2S. The van der Waals surface area contributed by atoms with Gasteiger partial charge in [-0.05, 0) is 24.6 Å². The smallest absolute Gasteiger partial charge is 0.343 e. The first kappa shape index (κ1) is 16.9. The van der Waals surface area contributed by atoms with Crippen LogP contribution in [0.1, 0.15) is 18.5 Å². The zero-order valence-corrected chi connectivity index (χ0v) is 14.3. The number of rotatable bonds is 6. The molecule has 0 bridgehead atoms. The van der Waals surface area contributed by atoms with Crippen LogP contribution in [0.3, 0.4) is 0 Å². The lowest BCUT2D eigenvalue weighted by atomic mass is 10.1. The molecule has 0 saturated carbocycles.